The first-order chi connectivity index (χ1) is 10.3. The first-order valence-electron chi connectivity index (χ1n) is 7.30. The van der Waals surface area contributed by atoms with Crippen LogP contribution in [0.2, 0.25) is 0 Å². The molecule has 2 aromatic rings. The van der Waals surface area contributed by atoms with Crippen molar-refractivity contribution in [1.29, 1.82) is 0 Å². The molecule has 0 radical (unpaired) electrons. The summed E-state index contributed by atoms with van der Waals surface area (Å²) in [7, 11) is 0. The van der Waals surface area contributed by atoms with Crippen LogP contribution in [0, 0.1) is 0 Å². The maximum absolute atomic E-state index is 10.7. The van der Waals surface area contributed by atoms with Gasteiger partial charge < -0.3 is 19.9 Å². The third kappa shape index (κ3) is 1.41. The van der Waals surface area contributed by atoms with Crippen LogP contribution < -0.4 is 14.8 Å². The fraction of sp³-hybridized carbons (Fsp3) is 0.294. The molecular weight excluding hydrogens is 266 g/mol. The molecule has 5 rings (SSSR count). The van der Waals surface area contributed by atoms with Gasteiger partial charge in [0.1, 0.15) is 0 Å². The summed E-state index contributed by atoms with van der Waals surface area (Å²) in [6, 6.07) is 10.0. The van der Waals surface area contributed by atoms with Gasteiger partial charge in [0, 0.05) is 5.56 Å². The van der Waals surface area contributed by atoms with Crippen molar-refractivity contribution >= 4 is 0 Å². The molecule has 0 spiro atoms. The average molecular weight is 281 g/mol. The summed E-state index contributed by atoms with van der Waals surface area (Å²) in [5.74, 6) is 1.65. The molecule has 2 atom stereocenters. The molecule has 2 aromatic carbocycles. The monoisotopic (exact) mass is 281 g/mol. The number of aliphatic hydroxyl groups is 1. The maximum Gasteiger partial charge on any atom is 0.231 e. The van der Waals surface area contributed by atoms with Crippen molar-refractivity contribution in [2.24, 2.45) is 0 Å². The Morgan fingerprint density at radius 3 is 3.05 bits per heavy atom. The Labute approximate surface area is 122 Å². The van der Waals surface area contributed by atoms with Crippen molar-refractivity contribution in [1.82, 2.24) is 5.32 Å². The smallest absolute Gasteiger partial charge is 0.231 e. The summed E-state index contributed by atoms with van der Waals surface area (Å²) in [4.78, 5) is 0. The number of nitrogens with one attached hydrogen (secondary N) is 1. The Morgan fingerprint density at radius 1 is 1.19 bits per heavy atom. The van der Waals surface area contributed by atoms with Crippen LogP contribution in [0.4, 0.5) is 0 Å². The molecule has 0 aromatic heterocycles. The van der Waals surface area contributed by atoms with Crippen LogP contribution in [0.25, 0.3) is 11.1 Å². The highest BCUT2D eigenvalue weighted by Gasteiger charge is 2.39. The molecule has 0 amide bonds. The predicted octanol–water partition coefficient (Wildman–Crippen LogP) is 2.32. The summed E-state index contributed by atoms with van der Waals surface area (Å²) < 4.78 is 11.3. The van der Waals surface area contributed by atoms with Crippen LogP contribution in [-0.4, -0.2) is 18.4 Å². The zero-order valence-electron chi connectivity index (χ0n) is 11.4. The van der Waals surface area contributed by atoms with Gasteiger partial charge in [-0.05, 0) is 41.3 Å². The van der Waals surface area contributed by atoms with E-state index in [1.54, 1.807) is 0 Å². The molecule has 0 saturated carbocycles. The second kappa shape index (κ2) is 4.00. The number of ether oxygens (including phenoxy) is 2. The number of rotatable bonds is 0. The number of hydrogen-bond acceptors (Lipinski definition) is 4. The van der Waals surface area contributed by atoms with E-state index in [2.05, 4.69) is 17.4 Å². The van der Waals surface area contributed by atoms with Crippen LogP contribution in [0.1, 0.15) is 28.8 Å². The minimum absolute atomic E-state index is 0.0619. The molecule has 0 fully saturated rings. The Hall–Kier alpha value is -2.04. The van der Waals surface area contributed by atoms with E-state index in [1.165, 1.54) is 11.1 Å². The van der Waals surface area contributed by atoms with Crippen molar-refractivity contribution in [2.75, 3.05) is 13.3 Å². The molecule has 21 heavy (non-hydrogen) atoms. The van der Waals surface area contributed by atoms with E-state index < -0.39 is 6.10 Å². The summed E-state index contributed by atoms with van der Waals surface area (Å²) >= 11 is 0. The molecule has 2 aliphatic heterocycles. The lowest BCUT2D eigenvalue weighted by molar-refractivity contribution is 0.123. The van der Waals surface area contributed by atoms with Gasteiger partial charge in [0.05, 0.1) is 12.1 Å². The van der Waals surface area contributed by atoms with E-state index >= 15 is 0 Å². The van der Waals surface area contributed by atoms with Crippen LogP contribution in [0.5, 0.6) is 11.5 Å². The van der Waals surface area contributed by atoms with Crippen molar-refractivity contribution in [2.45, 2.75) is 18.6 Å². The van der Waals surface area contributed by atoms with E-state index in [9.17, 15) is 5.11 Å². The summed E-state index contributed by atoms with van der Waals surface area (Å²) in [5.41, 5.74) is 5.55. The van der Waals surface area contributed by atoms with E-state index in [0.29, 0.717) is 0 Å². The molecule has 2 N–H and O–H groups in total. The van der Waals surface area contributed by atoms with E-state index in [4.69, 9.17) is 9.47 Å². The highest BCUT2D eigenvalue weighted by Crippen LogP contribution is 2.54. The number of benzene rings is 2. The SMILES string of the molecule is O[C@H]1c2ccccc2-c2c3c(cc4c2[C@H]1NCC4)OCO3. The Bertz CT molecular complexity index is 756. The molecule has 4 nitrogen and oxygen atoms in total. The van der Waals surface area contributed by atoms with Crippen molar-refractivity contribution in [3.05, 3.63) is 47.0 Å². The standard InChI is InChI=1S/C17H15NO3/c19-16-11-4-2-1-3-10(11)14-13-9(5-6-18-15(13)16)7-12-17(14)21-8-20-12/h1-4,7,15-16,18-19H,5-6,8H2/t15-,16+/m1/s1. The molecule has 4 heteroatoms. The third-order valence-corrected chi connectivity index (χ3v) is 4.72. The lowest BCUT2D eigenvalue weighted by atomic mass is 9.76. The highest BCUT2D eigenvalue weighted by molar-refractivity contribution is 5.84. The summed E-state index contributed by atoms with van der Waals surface area (Å²) in [5, 5.41) is 14.2. The third-order valence-electron chi connectivity index (χ3n) is 4.72. The largest absolute Gasteiger partial charge is 0.454 e. The molecule has 0 unspecified atom stereocenters. The summed E-state index contributed by atoms with van der Waals surface area (Å²) in [6.45, 7) is 1.14. The van der Waals surface area contributed by atoms with Gasteiger partial charge in [-0.2, -0.15) is 0 Å². The fourth-order valence-corrected chi connectivity index (χ4v) is 3.84. The first kappa shape index (κ1) is 11.6. The molecule has 0 saturated heterocycles. The van der Waals surface area contributed by atoms with E-state index in [-0.39, 0.29) is 12.8 Å². The van der Waals surface area contributed by atoms with Gasteiger partial charge in [-0.15, -0.1) is 0 Å². The van der Waals surface area contributed by atoms with Crippen LogP contribution >= 0.6 is 0 Å². The van der Waals surface area contributed by atoms with Gasteiger partial charge >= 0.3 is 0 Å². The quantitative estimate of drug-likeness (QED) is 0.778. The zero-order valence-corrected chi connectivity index (χ0v) is 11.4. The lowest BCUT2D eigenvalue weighted by Gasteiger charge is -2.38. The van der Waals surface area contributed by atoms with Crippen molar-refractivity contribution in [3.8, 4) is 22.6 Å². The van der Waals surface area contributed by atoms with Gasteiger partial charge in [-0.3, -0.25) is 0 Å². The number of hydrogen-bond donors (Lipinski definition) is 2. The average Bonchev–Trinajstić information content (AvgIpc) is 2.99. The second-order valence-corrected chi connectivity index (χ2v) is 5.77. The molecule has 1 aliphatic carbocycles. The zero-order chi connectivity index (χ0) is 14.0. The van der Waals surface area contributed by atoms with Gasteiger partial charge in [0.25, 0.3) is 0 Å². The minimum atomic E-state index is -0.520. The molecule has 106 valence electrons. The molecular formula is C17H15NO3. The van der Waals surface area contributed by atoms with Gasteiger partial charge in [-0.25, -0.2) is 0 Å². The minimum Gasteiger partial charge on any atom is -0.454 e. The number of aliphatic hydroxyl groups excluding tert-OH is 1. The van der Waals surface area contributed by atoms with Gasteiger partial charge in [0.2, 0.25) is 6.79 Å². The maximum atomic E-state index is 10.7. The first-order valence-corrected chi connectivity index (χ1v) is 7.30. The Balaban J connectivity index is 1.91. The molecule has 3 aliphatic rings. The normalized spacial score (nSPS) is 24.4. The van der Waals surface area contributed by atoms with Crippen molar-refractivity contribution in [3.63, 3.8) is 0 Å². The topological polar surface area (TPSA) is 50.7 Å². The van der Waals surface area contributed by atoms with Gasteiger partial charge in [-0.1, -0.05) is 24.3 Å². The predicted molar refractivity (Wildman–Crippen MR) is 77.4 cm³/mol. The Kier molecular flexibility index (Phi) is 2.21. The lowest BCUT2D eigenvalue weighted by Crippen LogP contribution is -2.36. The van der Waals surface area contributed by atoms with E-state index in [1.807, 2.05) is 18.2 Å². The Morgan fingerprint density at radius 2 is 2.10 bits per heavy atom. The number of fused-ring (bicyclic) bond motifs is 4. The molecule has 0 bridgehead atoms. The highest BCUT2D eigenvalue weighted by atomic mass is 16.7. The van der Waals surface area contributed by atoms with Crippen molar-refractivity contribution < 1.29 is 14.6 Å². The van der Waals surface area contributed by atoms with Gasteiger partial charge in [0.15, 0.2) is 11.5 Å². The molecule has 2 heterocycles. The van der Waals surface area contributed by atoms with Crippen LogP contribution in [0.3, 0.4) is 0 Å². The van der Waals surface area contributed by atoms with Crippen LogP contribution in [-0.2, 0) is 6.42 Å². The van der Waals surface area contributed by atoms with Crippen LogP contribution in [0.15, 0.2) is 30.3 Å². The van der Waals surface area contributed by atoms with E-state index in [0.717, 1.165) is 41.2 Å². The fourth-order valence-electron chi connectivity index (χ4n) is 3.84. The second-order valence-electron chi connectivity index (χ2n) is 5.77. The summed E-state index contributed by atoms with van der Waals surface area (Å²) in [6.07, 6.45) is 0.429.